The standard InChI is InChI=1S/C11H23NO2/c1-3-9(2)8-10(11(13)14)6-4-5-7-12/h9-10H,3-8,12H2,1-2H3,(H,13,14). The first kappa shape index (κ1) is 13.4. The van der Waals surface area contributed by atoms with E-state index in [0.29, 0.717) is 12.5 Å². The van der Waals surface area contributed by atoms with Crippen molar-refractivity contribution in [2.24, 2.45) is 17.6 Å². The summed E-state index contributed by atoms with van der Waals surface area (Å²) >= 11 is 0. The van der Waals surface area contributed by atoms with Gasteiger partial charge in [0.25, 0.3) is 0 Å². The highest BCUT2D eigenvalue weighted by Crippen LogP contribution is 2.20. The van der Waals surface area contributed by atoms with Gasteiger partial charge in [-0.25, -0.2) is 0 Å². The Morgan fingerprint density at radius 1 is 1.43 bits per heavy atom. The second-order valence-corrected chi connectivity index (χ2v) is 4.07. The molecule has 2 unspecified atom stereocenters. The van der Waals surface area contributed by atoms with Gasteiger partial charge in [0.2, 0.25) is 0 Å². The Morgan fingerprint density at radius 3 is 2.50 bits per heavy atom. The van der Waals surface area contributed by atoms with Crippen molar-refractivity contribution in [2.45, 2.75) is 46.0 Å². The molecule has 0 aliphatic rings. The van der Waals surface area contributed by atoms with E-state index in [4.69, 9.17) is 10.8 Å². The monoisotopic (exact) mass is 201 g/mol. The fourth-order valence-corrected chi connectivity index (χ4v) is 1.53. The van der Waals surface area contributed by atoms with Gasteiger partial charge < -0.3 is 10.8 Å². The summed E-state index contributed by atoms with van der Waals surface area (Å²) < 4.78 is 0. The number of hydrogen-bond donors (Lipinski definition) is 2. The van der Waals surface area contributed by atoms with Gasteiger partial charge in [-0.05, 0) is 31.7 Å². The molecule has 84 valence electrons. The molecular weight excluding hydrogens is 178 g/mol. The van der Waals surface area contributed by atoms with E-state index >= 15 is 0 Å². The van der Waals surface area contributed by atoms with Crippen molar-refractivity contribution >= 4 is 5.97 Å². The highest BCUT2D eigenvalue weighted by atomic mass is 16.4. The maximum atomic E-state index is 10.9. The number of rotatable bonds is 8. The van der Waals surface area contributed by atoms with E-state index in [1.807, 2.05) is 0 Å². The van der Waals surface area contributed by atoms with Crippen LogP contribution in [0.5, 0.6) is 0 Å². The molecule has 0 aromatic heterocycles. The summed E-state index contributed by atoms with van der Waals surface area (Å²) in [4.78, 5) is 10.9. The first-order valence-corrected chi connectivity index (χ1v) is 5.54. The number of hydrogen-bond acceptors (Lipinski definition) is 2. The number of carboxylic acids is 1. The minimum atomic E-state index is -0.651. The predicted octanol–water partition coefficient (Wildman–Crippen LogP) is 2.25. The van der Waals surface area contributed by atoms with Gasteiger partial charge in [0.1, 0.15) is 0 Å². The van der Waals surface area contributed by atoms with Gasteiger partial charge in [-0.2, -0.15) is 0 Å². The summed E-state index contributed by atoms with van der Waals surface area (Å²) in [6.45, 7) is 4.87. The molecule has 2 atom stereocenters. The SMILES string of the molecule is CCC(C)CC(CCCCN)C(=O)O. The maximum Gasteiger partial charge on any atom is 0.306 e. The Hall–Kier alpha value is -0.570. The van der Waals surface area contributed by atoms with E-state index in [-0.39, 0.29) is 5.92 Å². The summed E-state index contributed by atoms with van der Waals surface area (Å²) in [6, 6.07) is 0. The average Bonchev–Trinajstić information content (AvgIpc) is 2.16. The Balaban J connectivity index is 3.84. The summed E-state index contributed by atoms with van der Waals surface area (Å²) in [7, 11) is 0. The lowest BCUT2D eigenvalue weighted by Crippen LogP contribution is -2.17. The minimum absolute atomic E-state index is 0.170. The van der Waals surface area contributed by atoms with Crippen LogP contribution < -0.4 is 5.73 Å². The zero-order valence-corrected chi connectivity index (χ0v) is 9.33. The van der Waals surface area contributed by atoms with E-state index < -0.39 is 5.97 Å². The van der Waals surface area contributed by atoms with Gasteiger partial charge in [-0.1, -0.05) is 26.7 Å². The summed E-state index contributed by atoms with van der Waals surface area (Å²) in [5.74, 6) is -0.312. The van der Waals surface area contributed by atoms with Crippen LogP contribution >= 0.6 is 0 Å². The van der Waals surface area contributed by atoms with Crippen LogP contribution in [-0.4, -0.2) is 17.6 Å². The van der Waals surface area contributed by atoms with E-state index in [2.05, 4.69) is 13.8 Å². The molecule has 0 bridgehead atoms. The highest BCUT2D eigenvalue weighted by molar-refractivity contribution is 5.69. The molecule has 0 fully saturated rings. The molecule has 0 rings (SSSR count). The van der Waals surface area contributed by atoms with Crippen LogP contribution in [0.15, 0.2) is 0 Å². The first-order chi connectivity index (χ1) is 6.61. The molecule has 0 aliphatic heterocycles. The van der Waals surface area contributed by atoms with E-state index in [1.54, 1.807) is 0 Å². The van der Waals surface area contributed by atoms with Crippen LogP contribution in [0.25, 0.3) is 0 Å². The lowest BCUT2D eigenvalue weighted by molar-refractivity contribution is -0.142. The Morgan fingerprint density at radius 2 is 2.07 bits per heavy atom. The largest absolute Gasteiger partial charge is 0.481 e. The fourth-order valence-electron chi connectivity index (χ4n) is 1.53. The van der Waals surface area contributed by atoms with Crippen LogP contribution in [0.1, 0.15) is 46.0 Å². The third-order valence-corrected chi connectivity index (χ3v) is 2.74. The molecule has 14 heavy (non-hydrogen) atoms. The molecule has 3 heteroatoms. The first-order valence-electron chi connectivity index (χ1n) is 5.54. The Bertz CT molecular complexity index is 159. The van der Waals surface area contributed by atoms with Crippen molar-refractivity contribution in [1.82, 2.24) is 0 Å². The summed E-state index contributed by atoms with van der Waals surface area (Å²) in [5, 5.41) is 8.99. The quantitative estimate of drug-likeness (QED) is 0.592. The fraction of sp³-hybridized carbons (Fsp3) is 0.909. The van der Waals surface area contributed by atoms with Gasteiger partial charge in [-0.3, -0.25) is 4.79 Å². The second kappa shape index (κ2) is 7.80. The van der Waals surface area contributed by atoms with Crippen molar-refractivity contribution in [3.8, 4) is 0 Å². The molecule has 0 aromatic carbocycles. The molecule has 3 N–H and O–H groups in total. The zero-order chi connectivity index (χ0) is 11.0. The van der Waals surface area contributed by atoms with Gasteiger partial charge in [0, 0.05) is 0 Å². The van der Waals surface area contributed by atoms with Crippen LogP contribution in [0, 0.1) is 11.8 Å². The molecule has 0 radical (unpaired) electrons. The van der Waals surface area contributed by atoms with Gasteiger partial charge in [0.15, 0.2) is 0 Å². The lowest BCUT2D eigenvalue weighted by Gasteiger charge is -2.15. The second-order valence-electron chi connectivity index (χ2n) is 4.07. The zero-order valence-electron chi connectivity index (χ0n) is 9.33. The highest BCUT2D eigenvalue weighted by Gasteiger charge is 2.18. The van der Waals surface area contributed by atoms with Crippen molar-refractivity contribution < 1.29 is 9.90 Å². The molecule has 0 spiro atoms. The van der Waals surface area contributed by atoms with E-state index in [9.17, 15) is 4.79 Å². The predicted molar refractivity (Wildman–Crippen MR) is 58.1 cm³/mol. The minimum Gasteiger partial charge on any atom is -0.481 e. The molecule has 0 saturated heterocycles. The Kier molecular flexibility index (Phi) is 7.48. The number of aliphatic carboxylic acids is 1. The topological polar surface area (TPSA) is 63.3 Å². The van der Waals surface area contributed by atoms with E-state index in [1.165, 1.54) is 0 Å². The third kappa shape index (κ3) is 5.97. The molecular formula is C11H23NO2. The van der Waals surface area contributed by atoms with Crippen LogP contribution in [0.2, 0.25) is 0 Å². The van der Waals surface area contributed by atoms with Crippen molar-refractivity contribution in [1.29, 1.82) is 0 Å². The van der Waals surface area contributed by atoms with Crippen LogP contribution in [0.4, 0.5) is 0 Å². The van der Waals surface area contributed by atoms with Crippen LogP contribution in [-0.2, 0) is 4.79 Å². The van der Waals surface area contributed by atoms with Gasteiger partial charge in [0.05, 0.1) is 5.92 Å². The van der Waals surface area contributed by atoms with Crippen molar-refractivity contribution in [2.75, 3.05) is 6.54 Å². The normalized spacial score (nSPS) is 15.1. The van der Waals surface area contributed by atoms with Crippen molar-refractivity contribution in [3.05, 3.63) is 0 Å². The number of carbonyl (C=O) groups is 1. The summed E-state index contributed by atoms with van der Waals surface area (Å²) in [5.41, 5.74) is 5.37. The van der Waals surface area contributed by atoms with Crippen molar-refractivity contribution in [3.63, 3.8) is 0 Å². The molecule has 0 amide bonds. The average molecular weight is 201 g/mol. The van der Waals surface area contributed by atoms with E-state index in [0.717, 1.165) is 32.1 Å². The maximum absolute atomic E-state index is 10.9. The molecule has 0 heterocycles. The molecule has 3 nitrogen and oxygen atoms in total. The molecule has 0 aromatic rings. The van der Waals surface area contributed by atoms with Crippen LogP contribution in [0.3, 0.4) is 0 Å². The number of nitrogens with two attached hydrogens (primary N) is 1. The smallest absolute Gasteiger partial charge is 0.306 e. The third-order valence-electron chi connectivity index (χ3n) is 2.74. The summed E-state index contributed by atoms with van der Waals surface area (Å²) in [6.07, 6.45) is 4.50. The molecule has 0 saturated carbocycles. The lowest BCUT2D eigenvalue weighted by atomic mass is 9.90. The van der Waals surface area contributed by atoms with Gasteiger partial charge >= 0.3 is 5.97 Å². The number of unbranched alkanes of at least 4 members (excludes halogenated alkanes) is 1. The van der Waals surface area contributed by atoms with Gasteiger partial charge in [-0.15, -0.1) is 0 Å². The number of carboxylic acid groups (broad SMARTS) is 1. The molecule has 0 aliphatic carbocycles. The Labute approximate surface area is 86.7 Å².